The second-order valence-electron chi connectivity index (χ2n) is 9.26. The summed E-state index contributed by atoms with van der Waals surface area (Å²) in [5.41, 5.74) is 2.37. The molecular weight excluding hydrogens is 320 g/mol. The van der Waals surface area contributed by atoms with Crippen LogP contribution in [0.1, 0.15) is 86.1 Å². The molecule has 1 aliphatic rings. The summed E-state index contributed by atoms with van der Waals surface area (Å²) in [7, 11) is 0. The van der Waals surface area contributed by atoms with Gasteiger partial charge < -0.3 is 9.47 Å². The van der Waals surface area contributed by atoms with Gasteiger partial charge in [0.1, 0.15) is 17.1 Å². The first-order valence-corrected chi connectivity index (χ1v) is 10.5. The van der Waals surface area contributed by atoms with E-state index in [0.717, 1.165) is 49.0 Å². The Morgan fingerprint density at radius 2 is 1.96 bits per heavy atom. The van der Waals surface area contributed by atoms with Gasteiger partial charge in [-0.05, 0) is 93.4 Å². The summed E-state index contributed by atoms with van der Waals surface area (Å²) < 4.78 is 19.6. The number of aryl methyl sites for hydroxylation is 2. The Kier molecular flexibility index (Phi) is 6.89. The van der Waals surface area contributed by atoms with Crippen molar-refractivity contribution in [3.8, 4) is 11.5 Å². The van der Waals surface area contributed by atoms with E-state index in [1.165, 1.54) is 24.0 Å². The highest BCUT2D eigenvalue weighted by atomic mass is 16.5. The zero-order chi connectivity index (χ0) is 20.0. The first-order chi connectivity index (χ1) is 12.7. The van der Waals surface area contributed by atoms with Gasteiger partial charge in [0.2, 0.25) is 0 Å². The number of hydrogen-bond donors (Lipinski definition) is 0. The van der Waals surface area contributed by atoms with E-state index in [2.05, 4.69) is 53.7 Å². The van der Waals surface area contributed by atoms with Gasteiger partial charge in [-0.15, -0.1) is 0 Å². The van der Waals surface area contributed by atoms with Gasteiger partial charge in [0.05, 0.1) is 6.61 Å². The molecule has 1 heterocycles. The van der Waals surface area contributed by atoms with E-state index in [1.807, 2.05) is 0 Å². The third-order valence-corrected chi connectivity index (χ3v) is 5.47. The lowest BCUT2D eigenvalue weighted by atomic mass is 9.81. The SMILES string of the molecule is [2H]CCCOc1cc(C)c2c(c1)CC[C@@](C)(C[C@H](C)C[C@H](C)CC(C)C)O2. The maximum atomic E-state index is 7.24. The van der Waals surface area contributed by atoms with E-state index in [-0.39, 0.29) is 5.60 Å². The van der Waals surface area contributed by atoms with E-state index in [9.17, 15) is 0 Å². The average molecular weight is 362 g/mol. The lowest BCUT2D eigenvalue weighted by Crippen LogP contribution is -2.38. The Bertz CT molecular complexity index is 598. The van der Waals surface area contributed by atoms with Crippen LogP contribution in [-0.4, -0.2) is 12.2 Å². The summed E-state index contributed by atoms with van der Waals surface area (Å²) in [4.78, 5) is 0. The van der Waals surface area contributed by atoms with Gasteiger partial charge >= 0.3 is 0 Å². The molecular formula is C24H40O2. The topological polar surface area (TPSA) is 18.5 Å². The van der Waals surface area contributed by atoms with Crippen LogP contribution in [0.25, 0.3) is 0 Å². The number of hydrogen-bond acceptors (Lipinski definition) is 2. The fraction of sp³-hybridized carbons (Fsp3) is 0.750. The normalized spacial score (nSPS) is 22.3. The van der Waals surface area contributed by atoms with E-state index in [4.69, 9.17) is 10.8 Å². The quantitative estimate of drug-likeness (QED) is 0.442. The summed E-state index contributed by atoms with van der Waals surface area (Å²) in [6.07, 6.45) is 6.61. The Labute approximate surface area is 163 Å². The van der Waals surface area contributed by atoms with Crippen LogP contribution in [0.4, 0.5) is 0 Å². The van der Waals surface area contributed by atoms with Crippen molar-refractivity contribution < 1.29 is 10.8 Å². The standard InChI is InChI=1S/C24H40O2/c1-8-11-25-22-14-20(6)23-21(15-22)9-10-24(7,26-23)16-19(5)13-18(4)12-17(2)3/h14-15,17-19H,8-13,16H2,1-7H3/t18-,19-,24+/m1/s1/i1D. The monoisotopic (exact) mass is 361 g/mol. The molecule has 0 aliphatic carbocycles. The third kappa shape index (κ3) is 5.93. The van der Waals surface area contributed by atoms with Crippen molar-refractivity contribution in [3.63, 3.8) is 0 Å². The van der Waals surface area contributed by atoms with Crippen LogP contribution in [0, 0.1) is 24.7 Å². The predicted molar refractivity (Wildman–Crippen MR) is 111 cm³/mol. The Morgan fingerprint density at radius 3 is 2.65 bits per heavy atom. The maximum absolute atomic E-state index is 7.24. The van der Waals surface area contributed by atoms with Crippen LogP contribution in [0.3, 0.4) is 0 Å². The van der Waals surface area contributed by atoms with Gasteiger partial charge in [0, 0.05) is 1.37 Å². The van der Waals surface area contributed by atoms with Crippen LogP contribution in [0.2, 0.25) is 0 Å². The maximum Gasteiger partial charge on any atom is 0.126 e. The first kappa shape index (κ1) is 19.6. The summed E-state index contributed by atoms with van der Waals surface area (Å²) >= 11 is 0. The van der Waals surface area contributed by atoms with Crippen molar-refractivity contribution in [2.45, 2.75) is 92.6 Å². The molecule has 0 radical (unpaired) electrons. The van der Waals surface area contributed by atoms with Crippen LogP contribution >= 0.6 is 0 Å². The predicted octanol–water partition coefficient (Wildman–Crippen LogP) is 6.97. The zero-order valence-corrected chi connectivity index (χ0v) is 17.9. The van der Waals surface area contributed by atoms with Gasteiger partial charge in [-0.2, -0.15) is 0 Å². The van der Waals surface area contributed by atoms with E-state index < -0.39 is 0 Å². The second kappa shape index (κ2) is 9.15. The van der Waals surface area contributed by atoms with Crippen molar-refractivity contribution in [1.29, 1.82) is 0 Å². The summed E-state index contributed by atoms with van der Waals surface area (Å²) in [5, 5.41) is 0. The van der Waals surface area contributed by atoms with E-state index >= 15 is 0 Å². The van der Waals surface area contributed by atoms with E-state index in [0.29, 0.717) is 19.4 Å². The Balaban J connectivity index is 1.99. The molecule has 148 valence electrons. The van der Waals surface area contributed by atoms with Crippen molar-refractivity contribution in [3.05, 3.63) is 23.3 Å². The molecule has 0 aromatic heterocycles. The molecule has 0 saturated carbocycles. The highest BCUT2D eigenvalue weighted by molar-refractivity contribution is 5.48. The zero-order valence-electron chi connectivity index (χ0n) is 18.9. The molecule has 2 nitrogen and oxygen atoms in total. The molecule has 0 amide bonds. The van der Waals surface area contributed by atoms with Gasteiger partial charge in [-0.25, -0.2) is 0 Å². The largest absolute Gasteiger partial charge is 0.494 e. The molecule has 3 atom stereocenters. The number of benzene rings is 1. The summed E-state index contributed by atoms with van der Waals surface area (Å²) in [6.45, 7) is 14.9. The molecule has 1 aromatic carbocycles. The highest BCUT2D eigenvalue weighted by Crippen LogP contribution is 2.41. The van der Waals surface area contributed by atoms with Crippen LogP contribution in [0.15, 0.2) is 12.1 Å². The van der Waals surface area contributed by atoms with Crippen molar-refractivity contribution >= 4 is 0 Å². The van der Waals surface area contributed by atoms with Crippen LogP contribution < -0.4 is 9.47 Å². The molecule has 0 fully saturated rings. The molecule has 1 aromatic rings. The minimum Gasteiger partial charge on any atom is -0.494 e. The molecule has 1 aliphatic heterocycles. The molecule has 0 N–H and O–H groups in total. The minimum atomic E-state index is -0.0671. The fourth-order valence-electron chi connectivity index (χ4n) is 4.66. The molecule has 0 bridgehead atoms. The lowest BCUT2D eigenvalue weighted by Gasteiger charge is -2.39. The average Bonchev–Trinajstić information content (AvgIpc) is 2.54. The summed E-state index contributed by atoms with van der Waals surface area (Å²) in [6, 6.07) is 4.22. The molecule has 26 heavy (non-hydrogen) atoms. The van der Waals surface area contributed by atoms with Gasteiger partial charge in [0.15, 0.2) is 0 Å². The third-order valence-electron chi connectivity index (χ3n) is 5.47. The smallest absolute Gasteiger partial charge is 0.126 e. The van der Waals surface area contributed by atoms with Gasteiger partial charge in [0.25, 0.3) is 0 Å². The van der Waals surface area contributed by atoms with Crippen molar-refractivity contribution in [1.82, 2.24) is 0 Å². The number of ether oxygens (including phenoxy) is 2. The first-order valence-electron chi connectivity index (χ1n) is 11.2. The van der Waals surface area contributed by atoms with Crippen molar-refractivity contribution in [2.24, 2.45) is 17.8 Å². The van der Waals surface area contributed by atoms with E-state index in [1.54, 1.807) is 0 Å². The highest BCUT2D eigenvalue weighted by Gasteiger charge is 2.34. The van der Waals surface area contributed by atoms with Crippen LogP contribution in [0.5, 0.6) is 11.5 Å². The molecule has 0 spiro atoms. The van der Waals surface area contributed by atoms with Gasteiger partial charge in [-0.3, -0.25) is 0 Å². The summed E-state index contributed by atoms with van der Waals surface area (Å²) in [5.74, 6) is 4.23. The minimum absolute atomic E-state index is 0.0671. The number of fused-ring (bicyclic) bond motifs is 1. The van der Waals surface area contributed by atoms with Crippen molar-refractivity contribution in [2.75, 3.05) is 6.61 Å². The second-order valence-corrected chi connectivity index (χ2v) is 9.26. The lowest BCUT2D eigenvalue weighted by molar-refractivity contribution is 0.0372. The van der Waals surface area contributed by atoms with Crippen LogP contribution in [-0.2, 0) is 6.42 Å². The van der Waals surface area contributed by atoms with Gasteiger partial charge in [-0.1, -0.05) is 34.6 Å². The Morgan fingerprint density at radius 1 is 1.19 bits per heavy atom. The molecule has 2 rings (SSSR count). The molecule has 0 unspecified atom stereocenters. The Hall–Kier alpha value is -1.18. The molecule has 2 heteroatoms. The molecule has 0 saturated heterocycles. The fourth-order valence-corrected chi connectivity index (χ4v) is 4.66. The number of rotatable bonds is 9.